The molecule has 0 unspecified atom stereocenters. The van der Waals surface area contributed by atoms with Crippen molar-refractivity contribution in [2.75, 3.05) is 0 Å². The first kappa shape index (κ1) is 19.4. The minimum Gasteiger partial charge on any atom is -0.457 e. The number of fused-ring (bicyclic) bond motifs is 1. The molecule has 1 heterocycles. The van der Waals surface area contributed by atoms with Crippen molar-refractivity contribution in [3.8, 4) is 5.75 Å². The second-order valence-corrected chi connectivity index (χ2v) is 6.71. The molecule has 0 saturated heterocycles. The Morgan fingerprint density at radius 2 is 1.83 bits per heavy atom. The van der Waals surface area contributed by atoms with Crippen LogP contribution in [-0.4, -0.2) is 18.1 Å². The van der Waals surface area contributed by atoms with Gasteiger partial charge in [0.15, 0.2) is 0 Å². The summed E-state index contributed by atoms with van der Waals surface area (Å²) < 4.78 is 10.4. The highest BCUT2D eigenvalue weighted by atomic mass is 35.5. The van der Waals surface area contributed by atoms with Crippen molar-refractivity contribution in [1.29, 1.82) is 0 Å². The van der Waals surface area contributed by atoms with E-state index < -0.39 is 5.97 Å². The number of hydrazone groups is 1. The van der Waals surface area contributed by atoms with E-state index in [0.29, 0.717) is 16.1 Å². The smallest absolute Gasteiger partial charge is 0.379 e. The Morgan fingerprint density at radius 3 is 2.67 bits per heavy atom. The lowest BCUT2D eigenvalue weighted by Gasteiger charge is -2.07. The minimum atomic E-state index is -0.656. The molecule has 4 aromatic rings. The van der Waals surface area contributed by atoms with Crippen molar-refractivity contribution in [3.05, 3.63) is 101 Å². The Balaban J connectivity index is 1.53. The predicted octanol–water partition coefficient (Wildman–Crippen LogP) is 5.07. The first-order valence-electron chi connectivity index (χ1n) is 8.98. The van der Waals surface area contributed by atoms with Gasteiger partial charge in [-0.1, -0.05) is 48.0 Å². The number of esters is 1. The fourth-order valence-corrected chi connectivity index (χ4v) is 3.08. The van der Waals surface area contributed by atoms with Crippen LogP contribution in [0.15, 0.2) is 88.6 Å². The molecule has 0 spiro atoms. The zero-order valence-electron chi connectivity index (χ0n) is 15.5. The molecule has 1 aromatic heterocycles. The molecule has 0 bridgehead atoms. The highest BCUT2D eigenvalue weighted by Gasteiger charge is 2.14. The maximum Gasteiger partial charge on any atom is 0.379 e. The number of carbonyl (C=O) groups excluding carboxylic acids is 2. The zero-order valence-corrected chi connectivity index (χ0v) is 16.3. The standard InChI is InChI=1S/C23H15ClN2O4/c24-17-10-11-20(30-23(28)21-9-4-12-29-21)16(13-17)14-25-26-22(27)19-8-3-6-15-5-1-2-7-18(15)19/h1-14H,(H,26,27)/b25-14+. The zero-order chi connectivity index (χ0) is 20.9. The molecular weight excluding hydrogens is 404 g/mol. The number of rotatable bonds is 5. The Bertz CT molecular complexity index is 1240. The molecule has 0 radical (unpaired) electrons. The van der Waals surface area contributed by atoms with E-state index in [1.54, 1.807) is 24.3 Å². The summed E-state index contributed by atoms with van der Waals surface area (Å²) in [6.45, 7) is 0. The van der Waals surface area contributed by atoms with E-state index in [1.165, 1.54) is 24.6 Å². The number of ether oxygens (including phenoxy) is 1. The Morgan fingerprint density at radius 1 is 1.00 bits per heavy atom. The average Bonchev–Trinajstić information content (AvgIpc) is 3.30. The van der Waals surface area contributed by atoms with E-state index in [4.69, 9.17) is 20.8 Å². The van der Waals surface area contributed by atoms with Gasteiger partial charge in [-0.3, -0.25) is 4.79 Å². The molecule has 30 heavy (non-hydrogen) atoms. The van der Waals surface area contributed by atoms with E-state index in [0.717, 1.165) is 10.8 Å². The van der Waals surface area contributed by atoms with Crippen molar-refractivity contribution >= 4 is 40.5 Å². The molecule has 3 aromatic carbocycles. The van der Waals surface area contributed by atoms with Gasteiger partial charge >= 0.3 is 5.97 Å². The largest absolute Gasteiger partial charge is 0.457 e. The first-order valence-corrected chi connectivity index (χ1v) is 9.36. The molecule has 0 saturated carbocycles. The van der Waals surface area contributed by atoms with E-state index in [1.807, 2.05) is 36.4 Å². The second kappa shape index (κ2) is 8.63. The molecule has 1 N–H and O–H groups in total. The molecule has 1 amide bonds. The summed E-state index contributed by atoms with van der Waals surface area (Å²) in [7, 11) is 0. The van der Waals surface area contributed by atoms with Crippen LogP contribution in [-0.2, 0) is 0 Å². The molecule has 0 aliphatic rings. The second-order valence-electron chi connectivity index (χ2n) is 6.27. The number of benzene rings is 3. The number of nitrogens with one attached hydrogen (secondary N) is 1. The van der Waals surface area contributed by atoms with Gasteiger partial charge in [-0.15, -0.1) is 0 Å². The topological polar surface area (TPSA) is 80.9 Å². The Kier molecular flexibility index (Phi) is 5.59. The summed E-state index contributed by atoms with van der Waals surface area (Å²) in [6, 6.07) is 20.8. The molecule has 6 nitrogen and oxygen atoms in total. The lowest BCUT2D eigenvalue weighted by atomic mass is 10.0. The molecule has 7 heteroatoms. The predicted molar refractivity (Wildman–Crippen MR) is 114 cm³/mol. The lowest BCUT2D eigenvalue weighted by Crippen LogP contribution is -2.18. The molecule has 0 aliphatic heterocycles. The first-order chi connectivity index (χ1) is 14.6. The average molecular weight is 419 g/mol. The normalized spacial score (nSPS) is 11.0. The molecule has 4 rings (SSSR count). The summed E-state index contributed by atoms with van der Waals surface area (Å²) in [5.74, 6) is -0.725. The molecule has 0 atom stereocenters. The van der Waals surface area contributed by atoms with Crippen LogP contribution in [0.2, 0.25) is 5.02 Å². The van der Waals surface area contributed by atoms with Crippen LogP contribution < -0.4 is 10.2 Å². The maximum atomic E-state index is 12.6. The fourth-order valence-electron chi connectivity index (χ4n) is 2.90. The summed E-state index contributed by atoms with van der Waals surface area (Å²) in [5.41, 5.74) is 3.41. The van der Waals surface area contributed by atoms with Gasteiger partial charge in [0.25, 0.3) is 5.91 Å². The van der Waals surface area contributed by atoms with Crippen LogP contribution in [0.1, 0.15) is 26.5 Å². The van der Waals surface area contributed by atoms with Gasteiger partial charge in [0.1, 0.15) is 5.75 Å². The molecular formula is C23H15ClN2O4. The molecule has 148 valence electrons. The highest BCUT2D eigenvalue weighted by molar-refractivity contribution is 6.31. The number of carbonyl (C=O) groups is 2. The van der Waals surface area contributed by atoms with Gasteiger partial charge in [-0.25, -0.2) is 10.2 Å². The highest BCUT2D eigenvalue weighted by Crippen LogP contribution is 2.23. The number of halogens is 1. The third-order valence-electron chi connectivity index (χ3n) is 4.30. The number of furan rings is 1. The number of amides is 1. The van der Waals surface area contributed by atoms with Crippen LogP contribution >= 0.6 is 11.6 Å². The summed E-state index contributed by atoms with van der Waals surface area (Å²) >= 11 is 6.05. The van der Waals surface area contributed by atoms with Crippen LogP contribution in [0.25, 0.3) is 10.8 Å². The van der Waals surface area contributed by atoms with Gasteiger partial charge in [-0.2, -0.15) is 5.10 Å². The van der Waals surface area contributed by atoms with Crippen LogP contribution in [0.4, 0.5) is 0 Å². The summed E-state index contributed by atoms with van der Waals surface area (Å²) in [5, 5.41) is 6.20. The minimum absolute atomic E-state index is 0.0668. The van der Waals surface area contributed by atoms with Crippen molar-refractivity contribution in [2.45, 2.75) is 0 Å². The lowest BCUT2D eigenvalue weighted by molar-refractivity contribution is 0.0701. The Hall–Kier alpha value is -3.90. The third-order valence-corrected chi connectivity index (χ3v) is 4.54. The summed E-state index contributed by atoms with van der Waals surface area (Å²) in [4.78, 5) is 24.7. The van der Waals surface area contributed by atoms with Gasteiger partial charge in [0.05, 0.1) is 12.5 Å². The van der Waals surface area contributed by atoms with Gasteiger partial charge < -0.3 is 9.15 Å². The van der Waals surface area contributed by atoms with Crippen molar-refractivity contribution in [1.82, 2.24) is 5.43 Å². The fraction of sp³-hybridized carbons (Fsp3) is 0. The Labute approximate surface area is 176 Å². The van der Waals surface area contributed by atoms with E-state index in [2.05, 4.69) is 10.5 Å². The van der Waals surface area contributed by atoms with Crippen LogP contribution in [0, 0.1) is 0 Å². The number of nitrogens with zero attached hydrogens (tertiary/aromatic N) is 1. The monoisotopic (exact) mass is 418 g/mol. The van der Waals surface area contributed by atoms with Crippen LogP contribution in [0.5, 0.6) is 5.75 Å². The van der Waals surface area contributed by atoms with E-state index >= 15 is 0 Å². The number of hydrogen-bond donors (Lipinski definition) is 1. The molecule has 0 aliphatic carbocycles. The number of hydrogen-bond acceptors (Lipinski definition) is 5. The van der Waals surface area contributed by atoms with Gasteiger partial charge in [0, 0.05) is 16.1 Å². The van der Waals surface area contributed by atoms with Crippen molar-refractivity contribution in [3.63, 3.8) is 0 Å². The molecule has 0 fully saturated rings. The quantitative estimate of drug-likeness (QED) is 0.212. The van der Waals surface area contributed by atoms with Crippen molar-refractivity contribution < 1.29 is 18.7 Å². The maximum absolute atomic E-state index is 12.6. The van der Waals surface area contributed by atoms with Crippen LogP contribution in [0.3, 0.4) is 0 Å². The summed E-state index contributed by atoms with van der Waals surface area (Å²) in [6.07, 6.45) is 2.74. The van der Waals surface area contributed by atoms with Crippen molar-refractivity contribution in [2.24, 2.45) is 5.10 Å². The third kappa shape index (κ3) is 4.24. The van der Waals surface area contributed by atoms with E-state index in [9.17, 15) is 9.59 Å². The van der Waals surface area contributed by atoms with Gasteiger partial charge in [0.2, 0.25) is 5.76 Å². The van der Waals surface area contributed by atoms with E-state index in [-0.39, 0.29) is 17.4 Å². The van der Waals surface area contributed by atoms with Gasteiger partial charge in [-0.05, 0) is 47.2 Å². The SMILES string of the molecule is O=C(Oc1ccc(Cl)cc1/C=N/NC(=O)c1cccc2ccccc12)c1ccco1.